The van der Waals surface area contributed by atoms with Crippen molar-refractivity contribution < 1.29 is 8.78 Å². The molecule has 1 aromatic heterocycles. The van der Waals surface area contributed by atoms with Gasteiger partial charge in [0.1, 0.15) is 11.6 Å². The van der Waals surface area contributed by atoms with Gasteiger partial charge in [-0.2, -0.15) is 0 Å². The van der Waals surface area contributed by atoms with Gasteiger partial charge in [-0.15, -0.1) is 11.3 Å². The SMILES string of the molecule is NC(Cc1sccc1Br)c1ccc(F)cc1F. The maximum absolute atomic E-state index is 13.5. The van der Waals surface area contributed by atoms with E-state index in [2.05, 4.69) is 15.9 Å². The molecule has 1 atom stereocenters. The highest BCUT2D eigenvalue weighted by atomic mass is 79.9. The Morgan fingerprint density at radius 1 is 1.29 bits per heavy atom. The van der Waals surface area contributed by atoms with Gasteiger partial charge in [-0.05, 0) is 33.4 Å². The van der Waals surface area contributed by atoms with Gasteiger partial charge in [0.2, 0.25) is 0 Å². The van der Waals surface area contributed by atoms with Crippen molar-refractivity contribution in [2.45, 2.75) is 12.5 Å². The van der Waals surface area contributed by atoms with Gasteiger partial charge in [-0.3, -0.25) is 0 Å². The average Bonchev–Trinajstić information content (AvgIpc) is 2.64. The Balaban J connectivity index is 2.20. The fourth-order valence-corrected chi connectivity index (χ4v) is 3.16. The number of thiophene rings is 1. The highest BCUT2D eigenvalue weighted by Crippen LogP contribution is 2.28. The lowest BCUT2D eigenvalue weighted by atomic mass is 10.0. The minimum Gasteiger partial charge on any atom is -0.324 e. The Kier molecular flexibility index (Phi) is 3.91. The third-order valence-electron chi connectivity index (χ3n) is 2.46. The summed E-state index contributed by atoms with van der Waals surface area (Å²) in [6, 6.07) is 4.94. The van der Waals surface area contributed by atoms with Crippen molar-refractivity contribution in [1.29, 1.82) is 0 Å². The lowest BCUT2D eigenvalue weighted by Gasteiger charge is -2.12. The monoisotopic (exact) mass is 317 g/mol. The van der Waals surface area contributed by atoms with Gasteiger partial charge >= 0.3 is 0 Å². The van der Waals surface area contributed by atoms with Crippen molar-refractivity contribution in [3.63, 3.8) is 0 Å². The van der Waals surface area contributed by atoms with Crippen molar-refractivity contribution in [2.75, 3.05) is 0 Å². The second-order valence-electron chi connectivity index (χ2n) is 3.67. The zero-order valence-corrected chi connectivity index (χ0v) is 11.2. The quantitative estimate of drug-likeness (QED) is 0.908. The normalized spacial score (nSPS) is 12.7. The van der Waals surface area contributed by atoms with E-state index in [1.807, 2.05) is 11.4 Å². The predicted octanol–water partition coefficient (Wildman–Crippen LogP) is 4.03. The minimum atomic E-state index is -0.592. The van der Waals surface area contributed by atoms with E-state index in [1.165, 1.54) is 12.1 Å². The molecule has 0 radical (unpaired) electrons. The van der Waals surface area contributed by atoms with E-state index < -0.39 is 17.7 Å². The Morgan fingerprint density at radius 3 is 2.65 bits per heavy atom. The summed E-state index contributed by atoms with van der Waals surface area (Å²) >= 11 is 4.96. The van der Waals surface area contributed by atoms with Crippen LogP contribution < -0.4 is 5.73 Å². The minimum absolute atomic E-state index is 0.340. The first-order valence-electron chi connectivity index (χ1n) is 5.00. The van der Waals surface area contributed by atoms with Crippen LogP contribution in [0.25, 0.3) is 0 Å². The van der Waals surface area contributed by atoms with Crippen LogP contribution in [0, 0.1) is 11.6 Å². The molecule has 2 aromatic rings. The summed E-state index contributed by atoms with van der Waals surface area (Å²) in [5.41, 5.74) is 6.27. The molecule has 5 heteroatoms. The number of hydrogen-bond acceptors (Lipinski definition) is 2. The maximum Gasteiger partial charge on any atom is 0.130 e. The number of nitrogens with two attached hydrogens (primary N) is 1. The van der Waals surface area contributed by atoms with Crippen LogP contribution in [0.15, 0.2) is 34.1 Å². The molecule has 0 fully saturated rings. The lowest BCUT2D eigenvalue weighted by molar-refractivity contribution is 0.554. The molecule has 1 heterocycles. The van der Waals surface area contributed by atoms with Crippen molar-refractivity contribution >= 4 is 27.3 Å². The Labute approximate surface area is 110 Å². The Morgan fingerprint density at radius 2 is 2.06 bits per heavy atom. The zero-order chi connectivity index (χ0) is 12.4. The molecule has 1 nitrogen and oxygen atoms in total. The van der Waals surface area contributed by atoms with E-state index in [1.54, 1.807) is 11.3 Å². The molecule has 1 unspecified atom stereocenters. The van der Waals surface area contributed by atoms with Crippen LogP contribution in [0.5, 0.6) is 0 Å². The Bertz CT molecular complexity index is 527. The molecule has 0 aliphatic rings. The maximum atomic E-state index is 13.5. The molecule has 0 aliphatic heterocycles. The second-order valence-corrected chi connectivity index (χ2v) is 5.52. The average molecular weight is 318 g/mol. The summed E-state index contributed by atoms with van der Waals surface area (Å²) in [7, 11) is 0. The second kappa shape index (κ2) is 5.25. The summed E-state index contributed by atoms with van der Waals surface area (Å²) in [6.45, 7) is 0. The largest absolute Gasteiger partial charge is 0.324 e. The molecule has 0 spiro atoms. The van der Waals surface area contributed by atoms with E-state index in [0.717, 1.165) is 15.4 Å². The smallest absolute Gasteiger partial charge is 0.130 e. The van der Waals surface area contributed by atoms with Crippen LogP contribution >= 0.6 is 27.3 Å². The molecular weight excluding hydrogens is 308 g/mol. The third-order valence-corrected chi connectivity index (χ3v) is 4.41. The van der Waals surface area contributed by atoms with Gasteiger partial charge in [-0.25, -0.2) is 8.78 Å². The summed E-state index contributed by atoms with van der Waals surface area (Å²) < 4.78 is 27.2. The van der Waals surface area contributed by atoms with Crippen LogP contribution in [0.2, 0.25) is 0 Å². The topological polar surface area (TPSA) is 26.0 Å². The number of halogens is 3. The summed E-state index contributed by atoms with van der Waals surface area (Å²) in [5.74, 6) is -1.18. The molecule has 0 saturated heterocycles. The molecule has 0 saturated carbocycles. The first kappa shape index (κ1) is 12.7. The van der Waals surface area contributed by atoms with E-state index in [-0.39, 0.29) is 0 Å². The lowest BCUT2D eigenvalue weighted by Crippen LogP contribution is -2.14. The van der Waals surface area contributed by atoms with Crippen LogP contribution in [0.3, 0.4) is 0 Å². The summed E-state index contributed by atoms with van der Waals surface area (Å²) in [6.07, 6.45) is 0.529. The first-order chi connectivity index (χ1) is 8.08. The molecular formula is C12H10BrF2NS. The fourth-order valence-electron chi connectivity index (χ4n) is 1.58. The zero-order valence-electron chi connectivity index (χ0n) is 8.79. The van der Waals surface area contributed by atoms with Gasteiger partial charge in [-0.1, -0.05) is 6.07 Å². The van der Waals surface area contributed by atoms with E-state index >= 15 is 0 Å². The van der Waals surface area contributed by atoms with Crippen LogP contribution in [0.1, 0.15) is 16.5 Å². The first-order valence-corrected chi connectivity index (χ1v) is 6.67. The van der Waals surface area contributed by atoms with Crippen LogP contribution in [-0.4, -0.2) is 0 Å². The van der Waals surface area contributed by atoms with Gasteiger partial charge in [0.05, 0.1) is 0 Å². The number of benzene rings is 1. The molecule has 0 aliphatic carbocycles. The summed E-state index contributed by atoms with van der Waals surface area (Å²) in [4.78, 5) is 1.06. The molecule has 2 N–H and O–H groups in total. The standard InChI is InChI=1S/C12H10BrF2NS/c13-9-3-4-17-12(9)6-11(16)8-2-1-7(14)5-10(8)15/h1-5,11H,6,16H2. The van der Waals surface area contributed by atoms with Crippen molar-refractivity contribution in [2.24, 2.45) is 5.73 Å². The summed E-state index contributed by atoms with van der Waals surface area (Å²) in [5, 5.41) is 1.94. The fraction of sp³-hybridized carbons (Fsp3) is 0.167. The predicted molar refractivity (Wildman–Crippen MR) is 69.0 cm³/mol. The molecule has 0 amide bonds. The molecule has 1 aromatic carbocycles. The van der Waals surface area contributed by atoms with Gasteiger partial charge in [0.25, 0.3) is 0 Å². The highest BCUT2D eigenvalue weighted by molar-refractivity contribution is 9.10. The van der Waals surface area contributed by atoms with Gasteiger partial charge in [0, 0.05) is 33.4 Å². The third kappa shape index (κ3) is 2.91. The molecule has 17 heavy (non-hydrogen) atoms. The van der Waals surface area contributed by atoms with E-state index in [0.29, 0.717) is 12.0 Å². The van der Waals surface area contributed by atoms with Gasteiger partial charge in [0.15, 0.2) is 0 Å². The molecule has 0 bridgehead atoms. The van der Waals surface area contributed by atoms with Crippen LogP contribution in [-0.2, 0) is 6.42 Å². The number of hydrogen-bond donors (Lipinski definition) is 1. The Hall–Kier alpha value is -0.780. The van der Waals surface area contributed by atoms with Crippen molar-refractivity contribution in [3.05, 3.63) is 56.2 Å². The van der Waals surface area contributed by atoms with Crippen molar-refractivity contribution in [1.82, 2.24) is 0 Å². The highest BCUT2D eigenvalue weighted by Gasteiger charge is 2.14. The van der Waals surface area contributed by atoms with E-state index in [4.69, 9.17) is 5.73 Å². The molecule has 2 rings (SSSR count). The molecule has 90 valence electrons. The van der Waals surface area contributed by atoms with Gasteiger partial charge < -0.3 is 5.73 Å². The van der Waals surface area contributed by atoms with Crippen molar-refractivity contribution in [3.8, 4) is 0 Å². The van der Waals surface area contributed by atoms with Crippen LogP contribution in [0.4, 0.5) is 8.78 Å². The number of rotatable bonds is 3. The van der Waals surface area contributed by atoms with E-state index in [9.17, 15) is 8.78 Å².